The molecule has 1 heterocycles. The van der Waals surface area contributed by atoms with Gasteiger partial charge in [-0.05, 0) is 42.5 Å². The number of carbonyl (C=O) groups excluding carboxylic acids is 3. The van der Waals surface area contributed by atoms with Crippen molar-refractivity contribution in [3.05, 3.63) is 70.8 Å². The molecule has 132 valence electrons. The number of rotatable bonds is 3. The summed E-state index contributed by atoms with van der Waals surface area (Å²) in [7, 11) is 1.76. The first kappa shape index (κ1) is 16.5. The Morgan fingerprint density at radius 1 is 1.04 bits per heavy atom. The number of hydrogen-bond acceptors (Lipinski definition) is 3. The summed E-state index contributed by atoms with van der Waals surface area (Å²) in [4.78, 5) is 40.5. The van der Waals surface area contributed by atoms with E-state index < -0.39 is 11.8 Å². The molecule has 0 fully saturated rings. The van der Waals surface area contributed by atoms with E-state index in [0.717, 1.165) is 29.7 Å². The van der Waals surface area contributed by atoms with Crippen molar-refractivity contribution in [2.75, 3.05) is 13.6 Å². The summed E-state index contributed by atoms with van der Waals surface area (Å²) < 4.78 is 0. The summed E-state index contributed by atoms with van der Waals surface area (Å²) in [5.41, 5.74) is 3.17. The van der Waals surface area contributed by atoms with Gasteiger partial charge in [-0.3, -0.25) is 19.3 Å². The SMILES string of the molecule is CN(C(=O)CN1C(=O)c2ccccc2C1=O)[C@H]1CCCc2ccccc21. The normalized spacial score (nSPS) is 18.5. The van der Waals surface area contributed by atoms with Crippen LogP contribution in [-0.2, 0) is 11.2 Å². The number of carbonyl (C=O) groups is 3. The van der Waals surface area contributed by atoms with E-state index in [1.165, 1.54) is 5.56 Å². The Bertz CT molecular complexity index is 871. The zero-order valence-electron chi connectivity index (χ0n) is 14.6. The maximum absolute atomic E-state index is 12.8. The lowest BCUT2D eigenvalue weighted by molar-refractivity contribution is -0.132. The highest BCUT2D eigenvalue weighted by Crippen LogP contribution is 2.33. The van der Waals surface area contributed by atoms with Gasteiger partial charge >= 0.3 is 0 Å². The second-order valence-electron chi connectivity index (χ2n) is 6.85. The molecule has 0 saturated carbocycles. The van der Waals surface area contributed by atoms with Gasteiger partial charge in [-0.25, -0.2) is 0 Å². The molecule has 0 N–H and O–H groups in total. The van der Waals surface area contributed by atoms with Crippen LogP contribution >= 0.6 is 0 Å². The van der Waals surface area contributed by atoms with Crippen LogP contribution in [0.1, 0.15) is 50.7 Å². The number of benzene rings is 2. The van der Waals surface area contributed by atoms with Crippen molar-refractivity contribution < 1.29 is 14.4 Å². The maximum atomic E-state index is 12.8. The minimum Gasteiger partial charge on any atom is -0.337 e. The number of nitrogens with zero attached hydrogens (tertiary/aromatic N) is 2. The van der Waals surface area contributed by atoms with Gasteiger partial charge in [0, 0.05) is 7.05 Å². The Labute approximate surface area is 152 Å². The van der Waals surface area contributed by atoms with Gasteiger partial charge in [-0.1, -0.05) is 36.4 Å². The largest absolute Gasteiger partial charge is 0.337 e. The Morgan fingerprint density at radius 2 is 1.65 bits per heavy atom. The second-order valence-corrected chi connectivity index (χ2v) is 6.85. The summed E-state index contributed by atoms with van der Waals surface area (Å²) in [5.74, 6) is -1.01. The summed E-state index contributed by atoms with van der Waals surface area (Å²) in [5, 5.41) is 0. The molecular weight excluding hydrogens is 328 g/mol. The van der Waals surface area contributed by atoms with E-state index in [0.29, 0.717) is 11.1 Å². The van der Waals surface area contributed by atoms with Crippen LogP contribution < -0.4 is 0 Å². The van der Waals surface area contributed by atoms with Crippen molar-refractivity contribution in [1.29, 1.82) is 0 Å². The molecule has 2 aliphatic rings. The lowest BCUT2D eigenvalue weighted by Crippen LogP contribution is -2.43. The highest BCUT2D eigenvalue weighted by Gasteiger charge is 2.37. The third kappa shape index (κ3) is 2.60. The molecule has 0 spiro atoms. The molecule has 0 aromatic heterocycles. The lowest BCUT2D eigenvalue weighted by atomic mass is 9.87. The zero-order chi connectivity index (χ0) is 18.3. The Hall–Kier alpha value is -2.95. The smallest absolute Gasteiger partial charge is 0.262 e. The molecule has 1 aliphatic carbocycles. The van der Waals surface area contributed by atoms with Crippen LogP contribution in [0, 0.1) is 0 Å². The average Bonchev–Trinajstić information content (AvgIpc) is 2.92. The summed E-state index contributed by atoms with van der Waals surface area (Å²) in [6, 6.07) is 14.8. The van der Waals surface area contributed by atoms with Gasteiger partial charge < -0.3 is 4.90 Å². The van der Waals surface area contributed by atoms with E-state index in [2.05, 4.69) is 12.1 Å². The van der Waals surface area contributed by atoms with Crippen LogP contribution in [0.15, 0.2) is 48.5 Å². The van der Waals surface area contributed by atoms with Crippen molar-refractivity contribution in [2.24, 2.45) is 0 Å². The van der Waals surface area contributed by atoms with Crippen LogP contribution in [0.4, 0.5) is 0 Å². The van der Waals surface area contributed by atoms with E-state index in [1.807, 2.05) is 12.1 Å². The third-order valence-electron chi connectivity index (χ3n) is 5.37. The molecule has 26 heavy (non-hydrogen) atoms. The van der Waals surface area contributed by atoms with E-state index >= 15 is 0 Å². The fourth-order valence-electron chi connectivity index (χ4n) is 3.93. The van der Waals surface area contributed by atoms with E-state index in [9.17, 15) is 14.4 Å². The predicted octanol–water partition coefficient (Wildman–Crippen LogP) is 2.82. The molecule has 2 aromatic carbocycles. The van der Waals surface area contributed by atoms with Gasteiger partial charge in [0.2, 0.25) is 5.91 Å². The van der Waals surface area contributed by atoms with Crippen LogP contribution in [0.5, 0.6) is 0 Å². The van der Waals surface area contributed by atoms with Crippen LogP contribution in [-0.4, -0.2) is 41.1 Å². The zero-order valence-corrected chi connectivity index (χ0v) is 14.6. The number of fused-ring (bicyclic) bond motifs is 2. The molecule has 3 amide bonds. The number of hydrogen-bond donors (Lipinski definition) is 0. The minimum atomic E-state index is -0.392. The fourth-order valence-corrected chi connectivity index (χ4v) is 3.93. The van der Waals surface area contributed by atoms with Gasteiger partial charge in [-0.2, -0.15) is 0 Å². The van der Waals surface area contributed by atoms with E-state index in [4.69, 9.17) is 0 Å². The van der Waals surface area contributed by atoms with E-state index in [-0.39, 0.29) is 18.5 Å². The Morgan fingerprint density at radius 3 is 2.35 bits per heavy atom. The maximum Gasteiger partial charge on any atom is 0.262 e. The summed E-state index contributed by atoms with van der Waals surface area (Å²) >= 11 is 0. The van der Waals surface area contributed by atoms with Gasteiger partial charge in [0.1, 0.15) is 6.54 Å². The molecule has 1 atom stereocenters. The first-order chi connectivity index (χ1) is 12.6. The minimum absolute atomic E-state index is 0.0115. The van der Waals surface area contributed by atoms with Crippen LogP contribution in [0.25, 0.3) is 0 Å². The van der Waals surface area contributed by atoms with Crippen LogP contribution in [0.2, 0.25) is 0 Å². The fraction of sp³-hybridized carbons (Fsp3) is 0.286. The quantitative estimate of drug-likeness (QED) is 0.802. The third-order valence-corrected chi connectivity index (χ3v) is 5.37. The van der Waals surface area contributed by atoms with E-state index in [1.54, 1.807) is 36.2 Å². The van der Waals surface area contributed by atoms with Gasteiger partial charge in [0.25, 0.3) is 11.8 Å². The summed E-state index contributed by atoms with van der Waals surface area (Å²) in [6.07, 6.45) is 2.93. The van der Waals surface area contributed by atoms with Crippen LogP contribution in [0.3, 0.4) is 0 Å². The molecule has 0 bridgehead atoms. The molecule has 5 heteroatoms. The molecular formula is C21H20N2O3. The number of aryl methyl sites for hydroxylation is 1. The Kier molecular flexibility index (Phi) is 4.07. The molecule has 0 saturated heterocycles. The first-order valence-electron chi connectivity index (χ1n) is 8.86. The summed E-state index contributed by atoms with van der Waals surface area (Å²) in [6.45, 7) is -0.221. The molecule has 1 aliphatic heterocycles. The topological polar surface area (TPSA) is 57.7 Å². The first-order valence-corrected chi connectivity index (χ1v) is 8.86. The van der Waals surface area contributed by atoms with Crippen molar-refractivity contribution in [3.63, 3.8) is 0 Å². The van der Waals surface area contributed by atoms with Gasteiger partial charge in [0.05, 0.1) is 17.2 Å². The highest BCUT2D eigenvalue weighted by atomic mass is 16.2. The number of imide groups is 1. The lowest BCUT2D eigenvalue weighted by Gasteiger charge is -2.34. The van der Waals surface area contributed by atoms with Crippen molar-refractivity contribution >= 4 is 17.7 Å². The average molecular weight is 348 g/mol. The predicted molar refractivity (Wildman–Crippen MR) is 96.7 cm³/mol. The monoisotopic (exact) mass is 348 g/mol. The standard InChI is InChI=1S/C21H20N2O3/c1-22(18-12-6-8-14-7-2-3-9-15(14)18)19(24)13-23-20(25)16-10-4-5-11-17(16)21(23)26/h2-5,7,9-11,18H,6,8,12-13H2,1H3/t18-/m0/s1. The Balaban J connectivity index is 1.53. The van der Waals surface area contributed by atoms with Crippen molar-refractivity contribution in [3.8, 4) is 0 Å². The number of amides is 3. The molecule has 0 radical (unpaired) electrons. The highest BCUT2D eigenvalue weighted by molar-refractivity contribution is 6.22. The van der Waals surface area contributed by atoms with Crippen molar-refractivity contribution in [2.45, 2.75) is 25.3 Å². The van der Waals surface area contributed by atoms with Gasteiger partial charge in [-0.15, -0.1) is 0 Å². The molecule has 2 aromatic rings. The molecule has 4 rings (SSSR count). The molecule has 0 unspecified atom stereocenters. The molecule has 5 nitrogen and oxygen atoms in total. The second kappa shape index (κ2) is 6.41. The number of likely N-dealkylation sites (N-methyl/N-ethyl adjacent to an activating group) is 1. The van der Waals surface area contributed by atoms with Crippen molar-refractivity contribution in [1.82, 2.24) is 9.80 Å². The van der Waals surface area contributed by atoms with Gasteiger partial charge in [0.15, 0.2) is 0 Å².